The number of esters is 1. The fourth-order valence-corrected chi connectivity index (χ4v) is 1.63. The van der Waals surface area contributed by atoms with Crippen LogP contribution >= 0.6 is 0 Å². The summed E-state index contributed by atoms with van der Waals surface area (Å²) in [6, 6.07) is 7.21. The van der Waals surface area contributed by atoms with E-state index in [9.17, 15) is 4.79 Å². The average molecular weight is 277 g/mol. The molecule has 0 radical (unpaired) electrons. The fourth-order valence-electron chi connectivity index (χ4n) is 1.63. The van der Waals surface area contributed by atoms with Crippen LogP contribution in [0.3, 0.4) is 0 Å². The molecule has 106 valence electrons. The summed E-state index contributed by atoms with van der Waals surface area (Å²) >= 11 is 0. The molecule has 0 spiro atoms. The van der Waals surface area contributed by atoms with Crippen LogP contribution in [0.4, 0.5) is 0 Å². The number of rotatable bonds is 6. The highest BCUT2D eigenvalue weighted by Crippen LogP contribution is 2.25. The number of hydrogen-bond acceptors (Lipinski definition) is 6. The summed E-state index contributed by atoms with van der Waals surface area (Å²) in [5.41, 5.74) is 0.882. The summed E-state index contributed by atoms with van der Waals surface area (Å²) in [5.74, 6) is -0.0337. The number of aliphatic hydroxyl groups is 1. The van der Waals surface area contributed by atoms with E-state index in [-0.39, 0.29) is 25.0 Å². The van der Waals surface area contributed by atoms with Gasteiger partial charge in [-0.2, -0.15) is 4.98 Å². The molecule has 2 rings (SSSR count). The van der Waals surface area contributed by atoms with Crippen LogP contribution in [0.25, 0.3) is 0 Å². The van der Waals surface area contributed by atoms with Crippen LogP contribution in [-0.4, -0.2) is 29.3 Å². The van der Waals surface area contributed by atoms with Crippen LogP contribution in [0.2, 0.25) is 0 Å². The zero-order valence-corrected chi connectivity index (χ0v) is 11.0. The molecule has 0 saturated heterocycles. The molecule has 2 aromatic rings. The number of aromatic nitrogens is 1. The Morgan fingerprint density at radius 2 is 2.20 bits per heavy atom. The van der Waals surface area contributed by atoms with Crippen molar-refractivity contribution >= 4 is 5.97 Å². The lowest BCUT2D eigenvalue weighted by molar-refractivity contribution is 0.0519. The summed E-state index contributed by atoms with van der Waals surface area (Å²) in [6.45, 7) is 1.99. The molecule has 1 aromatic carbocycles. The molecule has 1 N–H and O–H groups in total. The second-order valence-electron chi connectivity index (χ2n) is 3.90. The smallest absolute Gasteiger partial charge is 0.399 e. The van der Waals surface area contributed by atoms with E-state index in [0.717, 1.165) is 5.56 Å². The number of carbonyl (C=O) groups is 1. The third-order valence-electron chi connectivity index (χ3n) is 2.52. The van der Waals surface area contributed by atoms with Crippen molar-refractivity contribution in [1.29, 1.82) is 0 Å². The summed E-state index contributed by atoms with van der Waals surface area (Å²) in [5, 5.41) is 8.99. The van der Waals surface area contributed by atoms with Gasteiger partial charge in [-0.15, -0.1) is 0 Å². The van der Waals surface area contributed by atoms with E-state index in [1.54, 1.807) is 19.1 Å². The van der Waals surface area contributed by atoms with Gasteiger partial charge >= 0.3 is 12.0 Å². The van der Waals surface area contributed by atoms with Crippen molar-refractivity contribution in [3.05, 3.63) is 41.8 Å². The molecule has 0 bridgehead atoms. The molecule has 20 heavy (non-hydrogen) atoms. The second kappa shape index (κ2) is 6.72. The predicted molar refractivity (Wildman–Crippen MR) is 69.8 cm³/mol. The summed E-state index contributed by atoms with van der Waals surface area (Å²) < 4.78 is 15.4. The van der Waals surface area contributed by atoms with Gasteiger partial charge in [0, 0.05) is 6.61 Å². The van der Waals surface area contributed by atoms with Crippen LogP contribution in [0.1, 0.15) is 23.0 Å². The molecule has 0 unspecified atom stereocenters. The Kier molecular flexibility index (Phi) is 4.73. The predicted octanol–water partition coefficient (Wildman–Crippen LogP) is 2.18. The number of aliphatic hydroxyl groups excluding tert-OH is 1. The molecule has 6 nitrogen and oxygen atoms in total. The second-order valence-corrected chi connectivity index (χ2v) is 3.90. The Balaban J connectivity index is 2.12. The molecule has 1 heterocycles. The van der Waals surface area contributed by atoms with Crippen molar-refractivity contribution < 1.29 is 23.8 Å². The van der Waals surface area contributed by atoms with Gasteiger partial charge in [-0.05, 0) is 25.0 Å². The first-order valence-corrected chi connectivity index (χ1v) is 6.24. The molecule has 0 fully saturated rings. The van der Waals surface area contributed by atoms with Crippen molar-refractivity contribution in [3.63, 3.8) is 0 Å². The molecular formula is C14H15NO5. The molecular weight excluding hydrogens is 262 g/mol. The highest BCUT2D eigenvalue weighted by atomic mass is 16.6. The maximum Gasteiger partial charge on any atom is 0.399 e. The lowest BCUT2D eigenvalue weighted by Gasteiger charge is -2.06. The lowest BCUT2D eigenvalue weighted by atomic mass is 10.1. The van der Waals surface area contributed by atoms with E-state index in [2.05, 4.69) is 4.98 Å². The fraction of sp³-hybridized carbons (Fsp3) is 0.286. The number of benzene rings is 1. The molecule has 0 aliphatic carbocycles. The zero-order valence-electron chi connectivity index (χ0n) is 11.0. The van der Waals surface area contributed by atoms with E-state index >= 15 is 0 Å². The molecule has 0 amide bonds. The topological polar surface area (TPSA) is 81.8 Å². The molecule has 0 aliphatic heterocycles. The number of nitrogens with zero attached hydrogens (tertiary/aromatic N) is 1. The summed E-state index contributed by atoms with van der Waals surface area (Å²) in [6.07, 6.45) is 1.60. The normalized spacial score (nSPS) is 10.3. The Labute approximate surface area is 116 Å². The van der Waals surface area contributed by atoms with Crippen molar-refractivity contribution in [1.82, 2.24) is 4.98 Å². The number of hydrogen-bond donors (Lipinski definition) is 1. The number of ether oxygens (including phenoxy) is 2. The third kappa shape index (κ3) is 3.36. The minimum atomic E-state index is -0.560. The highest BCUT2D eigenvalue weighted by Gasteiger charge is 2.15. The average Bonchev–Trinajstić information content (AvgIpc) is 2.90. The van der Waals surface area contributed by atoms with Crippen LogP contribution in [0.15, 0.2) is 34.9 Å². The first-order valence-electron chi connectivity index (χ1n) is 6.24. The largest absolute Gasteiger partial charge is 0.461 e. The van der Waals surface area contributed by atoms with E-state index in [4.69, 9.17) is 19.0 Å². The SMILES string of the molecule is CCOC(=O)c1coc(Oc2ccccc2CCO)n1. The Hall–Kier alpha value is -2.34. The first-order chi connectivity index (χ1) is 9.74. The minimum absolute atomic E-state index is 0.0139. The molecule has 0 aliphatic rings. The Morgan fingerprint density at radius 1 is 1.40 bits per heavy atom. The highest BCUT2D eigenvalue weighted by molar-refractivity contribution is 5.86. The first kappa shape index (κ1) is 14.1. The van der Waals surface area contributed by atoms with Gasteiger partial charge < -0.3 is 19.0 Å². The zero-order chi connectivity index (χ0) is 14.4. The minimum Gasteiger partial charge on any atom is -0.461 e. The van der Waals surface area contributed by atoms with Gasteiger partial charge in [-0.1, -0.05) is 18.2 Å². The Morgan fingerprint density at radius 3 is 2.95 bits per heavy atom. The van der Waals surface area contributed by atoms with Crippen LogP contribution < -0.4 is 4.74 Å². The quantitative estimate of drug-likeness (QED) is 0.815. The number of para-hydroxylation sites is 1. The standard InChI is InChI=1S/C14H15NO5/c1-2-18-13(17)11-9-19-14(15-11)20-12-6-4-3-5-10(12)7-8-16/h3-6,9,16H,2,7-8H2,1H3. The van der Waals surface area contributed by atoms with Gasteiger partial charge in [0.1, 0.15) is 12.0 Å². The van der Waals surface area contributed by atoms with Gasteiger partial charge in [-0.3, -0.25) is 0 Å². The monoisotopic (exact) mass is 277 g/mol. The van der Waals surface area contributed by atoms with Gasteiger partial charge in [0.05, 0.1) is 6.61 Å². The summed E-state index contributed by atoms with van der Waals surface area (Å²) in [4.78, 5) is 15.3. The van der Waals surface area contributed by atoms with Crippen molar-refractivity contribution in [2.45, 2.75) is 13.3 Å². The van der Waals surface area contributed by atoms with Gasteiger partial charge in [0.2, 0.25) is 0 Å². The van der Waals surface area contributed by atoms with Crippen molar-refractivity contribution in [3.8, 4) is 11.8 Å². The molecule has 1 aromatic heterocycles. The van der Waals surface area contributed by atoms with Crippen LogP contribution in [0.5, 0.6) is 11.8 Å². The van der Waals surface area contributed by atoms with E-state index in [1.807, 2.05) is 12.1 Å². The maximum atomic E-state index is 11.4. The third-order valence-corrected chi connectivity index (χ3v) is 2.52. The maximum absolute atomic E-state index is 11.4. The van der Waals surface area contributed by atoms with E-state index in [0.29, 0.717) is 12.2 Å². The lowest BCUT2D eigenvalue weighted by Crippen LogP contribution is -2.04. The van der Waals surface area contributed by atoms with Gasteiger partial charge in [-0.25, -0.2) is 4.79 Å². The molecule has 0 saturated carbocycles. The van der Waals surface area contributed by atoms with Crippen molar-refractivity contribution in [2.24, 2.45) is 0 Å². The van der Waals surface area contributed by atoms with Gasteiger partial charge in [0.15, 0.2) is 5.69 Å². The van der Waals surface area contributed by atoms with Crippen LogP contribution in [0, 0.1) is 0 Å². The Bertz CT molecular complexity index is 578. The molecule has 6 heteroatoms. The molecule has 0 atom stereocenters. The van der Waals surface area contributed by atoms with E-state index in [1.165, 1.54) is 6.26 Å². The summed E-state index contributed by atoms with van der Waals surface area (Å²) in [7, 11) is 0. The van der Waals surface area contributed by atoms with Gasteiger partial charge in [0.25, 0.3) is 0 Å². The number of carbonyl (C=O) groups excluding carboxylic acids is 1. The van der Waals surface area contributed by atoms with Crippen molar-refractivity contribution in [2.75, 3.05) is 13.2 Å². The van der Waals surface area contributed by atoms with E-state index < -0.39 is 5.97 Å². The van der Waals surface area contributed by atoms with Crippen LogP contribution in [-0.2, 0) is 11.2 Å². The number of oxazole rings is 1.